The van der Waals surface area contributed by atoms with Crippen molar-refractivity contribution in [3.63, 3.8) is 0 Å². The maximum atomic E-state index is 12.0. The fourth-order valence-corrected chi connectivity index (χ4v) is 2.50. The Hall–Kier alpha value is -4.07. The largest absolute Gasteiger partial charge is 0.618 e. The summed E-state index contributed by atoms with van der Waals surface area (Å²) in [5.41, 5.74) is 0.315. The molecule has 3 aromatic rings. The van der Waals surface area contributed by atoms with Crippen molar-refractivity contribution in [3.05, 3.63) is 83.8 Å². The zero-order chi connectivity index (χ0) is 21.3. The maximum Gasteiger partial charge on any atom is 0.405 e. The number of pyridine rings is 1. The van der Waals surface area contributed by atoms with E-state index in [-0.39, 0.29) is 5.69 Å². The molecule has 30 heavy (non-hydrogen) atoms. The fraction of sp³-hybridized carbons (Fsp3) is 0.136. The number of carbonyl (C=O) groups excluding carboxylic acids is 2. The average molecular weight is 408 g/mol. The molecule has 0 saturated carbocycles. The third-order valence-corrected chi connectivity index (χ3v) is 3.88. The molecule has 8 heteroatoms. The van der Waals surface area contributed by atoms with Crippen LogP contribution in [0.3, 0.4) is 0 Å². The van der Waals surface area contributed by atoms with Gasteiger partial charge in [0, 0.05) is 17.8 Å². The molecule has 0 saturated heterocycles. The molecule has 3 rings (SSSR count). The number of amides is 1. The second-order valence-electron chi connectivity index (χ2n) is 6.07. The van der Waals surface area contributed by atoms with Gasteiger partial charge in [-0.05, 0) is 61.5 Å². The van der Waals surface area contributed by atoms with Gasteiger partial charge in [-0.15, -0.1) is 0 Å². The highest BCUT2D eigenvalue weighted by Crippen LogP contribution is 2.25. The number of rotatable bonds is 8. The van der Waals surface area contributed by atoms with Crippen LogP contribution in [0.2, 0.25) is 0 Å². The predicted octanol–water partition coefficient (Wildman–Crippen LogP) is 3.31. The van der Waals surface area contributed by atoms with Gasteiger partial charge in [-0.2, -0.15) is 4.73 Å². The molecule has 0 unspecified atom stereocenters. The Morgan fingerprint density at radius 2 is 1.57 bits per heavy atom. The fourth-order valence-electron chi connectivity index (χ4n) is 2.50. The zero-order valence-electron chi connectivity index (χ0n) is 16.2. The number of nitrogens with zero attached hydrogens (tertiary/aromatic N) is 1. The molecule has 1 aromatic heterocycles. The van der Waals surface area contributed by atoms with Crippen molar-refractivity contribution in [2.24, 2.45) is 0 Å². The van der Waals surface area contributed by atoms with Crippen molar-refractivity contribution in [3.8, 4) is 17.2 Å². The standard InChI is InChI=1S/C22H20N2O6/c1-2-28-17-10-12-19(13-11-17)30-18-8-6-16(7-9-18)23-21(25)15-29-22(26)20-5-3-4-14-24(20)27/h3-14H,2,15H2,1H3,(H,23,25). The van der Waals surface area contributed by atoms with E-state index in [0.717, 1.165) is 5.75 Å². The van der Waals surface area contributed by atoms with Gasteiger partial charge in [0.1, 0.15) is 17.2 Å². The summed E-state index contributed by atoms with van der Waals surface area (Å²) in [7, 11) is 0. The number of esters is 1. The Labute approximate surface area is 173 Å². The first-order valence-corrected chi connectivity index (χ1v) is 9.21. The van der Waals surface area contributed by atoms with Gasteiger partial charge in [0.2, 0.25) is 0 Å². The lowest BCUT2D eigenvalue weighted by molar-refractivity contribution is -0.608. The van der Waals surface area contributed by atoms with Crippen LogP contribution < -0.4 is 19.5 Å². The van der Waals surface area contributed by atoms with Crippen molar-refractivity contribution in [2.45, 2.75) is 6.92 Å². The lowest BCUT2D eigenvalue weighted by Gasteiger charge is -2.09. The SMILES string of the molecule is CCOc1ccc(Oc2ccc(NC(=O)COC(=O)c3cccc[n+]3[O-])cc2)cc1. The zero-order valence-corrected chi connectivity index (χ0v) is 16.2. The lowest BCUT2D eigenvalue weighted by Crippen LogP contribution is -2.35. The monoisotopic (exact) mass is 408 g/mol. The van der Waals surface area contributed by atoms with E-state index in [1.165, 1.54) is 24.4 Å². The number of nitrogens with one attached hydrogen (secondary N) is 1. The molecule has 0 aliphatic heterocycles. The van der Waals surface area contributed by atoms with Crippen LogP contribution in [-0.4, -0.2) is 25.1 Å². The number of benzene rings is 2. The van der Waals surface area contributed by atoms with E-state index in [9.17, 15) is 14.8 Å². The molecule has 0 aliphatic carbocycles. The molecular formula is C22H20N2O6. The summed E-state index contributed by atoms with van der Waals surface area (Å²) in [6, 6.07) is 18.3. The van der Waals surface area contributed by atoms with Crippen LogP contribution in [0, 0.1) is 5.21 Å². The van der Waals surface area contributed by atoms with E-state index >= 15 is 0 Å². The molecule has 8 nitrogen and oxygen atoms in total. The average Bonchev–Trinajstić information content (AvgIpc) is 2.75. The number of hydrogen-bond donors (Lipinski definition) is 1. The Kier molecular flexibility index (Phi) is 6.83. The highest BCUT2D eigenvalue weighted by molar-refractivity contribution is 5.94. The van der Waals surface area contributed by atoms with Gasteiger partial charge in [-0.25, -0.2) is 4.79 Å². The van der Waals surface area contributed by atoms with Crippen LogP contribution in [0.5, 0.6) is 17.2 Å². The predicted molar refractivity (Wildman–Crippen MR) is 108 cm³/mol. The topological polar surface area (TPSA) is 101 Å². The molecule has 0 atom stereocenters. The van der Waals surface area contributed by atoms with Crippen LogP contribution in [0.4, 0.5) is 5.69 Å². The Morgan fingerprint density at radius 3 is 2.20 bits per heavy atom. The minimum Gasteiger partial charge on any atom is -0.618 e. The summed E-state index contributed by atoms with van der Waals surface area (Å²) in [5.74, 6) is 0.601. The van der Waals surface area contributed by atoms with Gasteiger partial charge in [-0.3, -0.25) is 4.79 Å². The molecule has 0 aliphatic rings. The minimum absolute atomic E-state index is 0.193. The third kappa shape index (κ3) is 5.71. The molecule has 0 bridgehead atoms. The Morgan fingerprint density at radius 1 is 0.933 bits per heavy atom. The molecule has 0 radical (unpaired) electrons. The van der Waals surface area contributed by atoms with E-state index in [4.69, 9.17) is 14.2 Å². The van der Waals surface area contributed by atoms with Gasteiger partial charge < -0.3 is 24.7 Å². The summed E-state index contributed by atoms with van der Waals surface area (Å²) < 4.78 is 16.4. The summed E-state index contributed by atoms with van der Waals surface area (Å²) in [4.78, 5) is 23.8. The molecule has 0 fully saturated rings. The van der Waals surface area contributed by atoms with E-state index in [2.05, 4.69) is 5.32 Å². The van der Waals surface area contributed by atoms with Crippen molar-refractivity contribution >= 4 is 17.6 Å². The lowest BCUT2D eigenvalue weighted by atomic mass is 10.3. The first-order valence-electron chi connectivity index (χ1n) is 9.21. The quantitative estimate of drug-likeness (QED) is 0.349. The second kappa shape index (κ2) is 9.92. The first kappa shape index (κ1) is 20.7. The van der Waals surface area contributed by atoms with Gasteiger partial charge >= 0.3 is 11.7 Å². The summed E-state index contributed by atoms with van der Waals surface area (Å²) >= 11 is 0. The van der Waals surface area contributed by atoms with Gasteiger partial charge in [0.05, 0.1) is 6.61 Å². The number of anilines is 1. The summed E-state index contributed by atoms with van der Waals surface area (Å²) in [6.45, 7) is 2.00. The molecule has 1 N–H and O–H groups in total. The Bertz CT molecular complexity index is 1000. The first-order chi connectivity index (χ1) is 14.5. The minimum atomic E-state index is -0.875. The van der Waals surface area contributed by atoms with E-state index in [1.54, 1.807) is 36.4 Å². The van der Waals surface area contributed by atoms with Crippen LogP contribution in [0.1, 0.15) is 17.4 Å². The van der Waals surface area contributed by atoms with Crippen molar-refractivity contribution < 1.29 is 28.5 Å². The smallest absolute Gasteiger partial charge is 0.405 e. The van der Waals surface area contributed by atoms with E-state index in [1.807, 2.05) is 19.1 Å². The molecule has 1 heterocycles. The van der Waals surface area contributed by atoms with Crippen LogP contribution in [0.25, 0.3) is 0 Å². The molecule has 154 valence electrons. The summed E-state index contributed by atoms with van der Waals surface area (Å²) in [5, 5.41) is 14.1. The molecular weight excluding hydrogens is 388 g/mol. The highest BCUT2D eigenvalue weighted by atomic mass is 16.5. The number of carbonyl (C=O) groups is 2. The molecule has 1 amide bonds. The van der Waals surface area contributed by atoms with Gasteiger partial charge in [-0.1, -0.05) is 0 Å². The number of ether oxygens (including phenoxy) is 3. The van der Waals surface area contributed by atoms with Crippen molar-refractivity contribution in [1.82, 2.24) is 0 Å². The van der Waals surface area contributed by atoms with Crippen molar-refractivity contribution in [1.29, 1.82) is 0 Å². The van der Waals surface area contributed by atoms with Crippen molar-refractivity contribution in [2.75, 3.05) is 18.5 Å². The van der Waals surface area contributed by atoms with E-state index in [0.29, 0.717) is 28.5 Å². The van der Waals surface area contributed by atoms with Gasteiger partial charge in [0.25, 0.3) is 5.91 Å². The van der Waals surface area contributed by atoms with Crippen LogP contribution >= 0.6 is 0 Å². The number of aromatic nitrogens is 1. The third-order valence-electron chi connectivity index (χ3n) is 3.88. The molecule has 2 aromatic carbocycles. The Balaban J connectivity index is 1.49. The maximum absolute atomic E-state index is 12.0. The van der Waals surface area contributed by atoms with Crippen LogP contribution in [-0.2, 0) is 9.53 Å². The highest BCUT2D eigenvalue weighted by Gasteiger charge is 2.18. The molecule has 0 spiro atoms. The van der Waals surface area contributed by atoms with E-state index < -0.39 is 18.5 Å². The summed E-state index contributed by atoms with van der Waals surface area (Å²) in [6.07, 6.45) is 1.17. The van der Waals surface area contributed by atoms with Gasteiger partial charge in [0.15, 0.2) is 12.8 Å². The normalized spacial score (nSPS) is 10.2. The number of hydrogen-bond acceptors (Lipinski definition) is 6. The van der Waals surface area contributed by atoms with Crippen LogP contribution in [0.15, 0.2) is 72.9 Å². The second-order valence-corrected chi connectivity index (χ2v) is 6.07.